The van der Waals surface area contributed by atoms with E-state index < -0.39 is 0 Å². The molecule has 13 heavy (non-hydrogen) atoms. The summed E-state index contributed by atoms with van der Waals surface area (Å²) >= 11 is 0. The molecule has 2 rings (SSSR count). The molecule has 0 aliphatic heterocycles. The highest BCUT2D eigenvalue weighted by atomic mass is 15.2. The van der Waals surface area contributed by atoms with Gasteiger partial charge in [-0.15, -0.1) is 0 Å². The Morgan fingerprint density at radius 2 is 2.08 bits per heavy atom. The largest absolute Gasteiger partial charge is 0.240 e. The van der Waals surface area contributed by atoms with Gasteiger partial charge in [0, 0.05) is 5.69 Å². The van der Waals surface area contributed by atoms with Gasteiger partial charge in [0.1, 0.15) is 0 Å². The lowest BCUT2D eigenvalue weighted by molar-refractivity contribution is 0.895. The average molecular weight is 171 g/mol. The van der Waals surface area contributed by atoms with E-state index in [9.17, 15) is 0 Å². The van der Waals surface area contributed by atoms with Crippen molar-refractivity contribution in [3.05, 3.63) is 41.0 Å². The van der Waals surface area contributed by atoms with E-state index in [1.165, 1.54) is 0 Å². The quantitative estimate of drug-likeness (QED) is 0.558. The van der Waals surface area contributed by atoms with Crippen LogP contribution in [0.1, 0.15) is 11.4 Å². The Balaban J connectivity index is 2.85. The van der Waals surface area contributed by atoms with Crippen molar-refractivity contribution in [2.24, 2.45) is 0 Å². The zero-order valence-corrected chi connectivity index (χ0v) is 7.57. The number of aryl methyl sites for hydroxylation is 2. The van der Waals surface area contributed by atoms with Crippen molar-refractivity contribution in [2.45, 2.75) is 13.8 Å². The van der Waals surface area contributed by atoms with Gasteiger partial charge in [-0.3, -0.25) is 0 Å². The summed E-state index contributed by atoms with van der Waals surface area (Å²) in [5.74, 6) is 0. The SMILES string of the molecule is [C-]#[N+]c1cc(C)n2nc(C)cc2c1. The summed E-state index contributed by atoms with van der Waals surface area (Å²) < 4.78 is 1.85. The fourth-order valence-electron chi connectivity index (χ4n) is 1.44. The Morgan fingerprint density at radius 1 is 1.31 bits per heavy atom. The summed E-state index contributed by atoms with van der Waals surface area (Å²) in [6.45, 7) is 10.8. The summed E-state index contributed by atoms with van der Waals surface area (Å²) in [4.78, 5) is 3.40. The summed E-state index contributed by atoms with van der Waals surface area (Å²) in [5, 5.41) is 4.30. The number of hydrogen-bond donors (Lipinski definition) is 0. The second-order valence-electron chi connectivity index (χ2n) is 3.09. The van der Waals surface area contributed by atoms with Crippen molar-refractivity contribution in [1.29, 1.82) is 0 Å². The second-order valence-corrected chi connectivity index (χ2v) is 3.09. The van der Waals surface area contributed by atoms with E-state index in [2.05, 4.69) is 9.94 Å². The predicted molar refractivity (Wildman–Crippen MR) is 50.9 cm³/mol. The zero-order chi connectivity index (χ0) is 9.42. The molecular weight excluding hydrogens is 162 g/mol. The molecule has 0 saturated carbocycles. The van der Waals surface area contributed by atoms with E-state index in [1.807, 2.05) is 36.6 Å². The Labute approximate surface area is 76.4 Å². The van der Waals surface area contributed by atoms with Crippen LogP contribution in [0.4, 0.5) is 5.69 Å². The lowest BCUT2D eigenvalue weighted by Crippen LogP contribution is -1.91. The first kappa shape index (κ1) is 7.81. The summed E-state index contributed by atoms with van der Waals surface area (Å²) in [6.07, 6.45) is 0. The third-order valence-electron chi connectivity index (χ3n) is 1.97. The zero-order valence-electron chi connectivity index (χ0n) is 7.57. The van der Waals surface area contributed by atoms with E-state index in [0.717, 1.165) is 16.9 Å². The topological polar surface area (TPSA) is 21.7 Å². The molecule has 0 aromatic carbocycles. The number of aromatic nitrogens is 2. The van der Waals surface area contributed by atoms with Crippen LogP contribution < -0.4 is 0 Å². The van der Waals surface area contributed by atoms with E-state index >= 15 is 0 Å². The fraction of sp³-hybridized carbons (Fsp3) is 0.200. The van der Waals surface area contributed by atoms with Crippen LogP contribution in [0.3, 0.4) is 0 Å². The highest BCUT2D eigenvalue weighted by Crippen LogP contribution is 2.18. The lowest BCUT2D eigenvalue weighted by atomic mass is 10.3. The van der Waals surface area contributed by atoms with Gasteiger partial charge in [0.2, 0.25) is 0 Å². The van der Waals surface area contributed by atoms with Crippen LogP contribution in [0.2, 0.25) is 0 Å². The summed E-state index contributed by atoms with van der Waals surface area (Å²) in [5.41, 5.74) is 3.63. The van der Waals surface area contributed by atoms with Crippen LogP contribution >= 0.6 is 0 Å². The van der Waals surface area contributed by atoms with E-state index in [-0.39, 0.29) is 0 Å². The number of nitrogens with zero attached hydrogens (tertiary/aromatic N) is 3. The molecule has 0 unspecified atom stereocenters. The normalized spacial score (nSPS) is 10.2. The van der Waals surface area contributed by atoms with Gasteiger partial charge in [-0.2, -0.15) is 5.10 Å². The van der Waals surface area contributed by atoms with E-state index in [0.29, 0.717) is 5.69 Å². The van der Waals surface area contributed by atoms with Crippen molar-refractivity contribution < 1.29 is 0 Å². The lowest BCUT2D eigenvalue weighted by Gasteiger charge is -1.98. The van der Waals surface area contributed by atoms with Gasteiger partial charge < -0.3 is 0 Å². The third kappa shape index (κ3) is 1.17. The highest BCUT2D eigenvalue weighted by Gasteiger charge is 2.02. The Bertz CT molecular complexity index is 503. The molecule has 3 heteroatoms. The number of fused-ring (bicyclic) bond motifs is 1. The molecule has 3 nitrogen and oxygen atoms in total. The average Bonchev–Trinajstić information content (AvgIpc) is 2.46. The molecule has 0 bridgehead atoms. The van der Waals surface area contributed by atoms with Crippen molar-refractivity contribution in [2.75, 3.05) is 0 Å². The Hall–Kier alpha value is -1.82. The van der Waals surface area contributed by atoms with Crippen LogP contribution in [0, 0.1) is 20.4 Å². The van der Waals surface area contributed by atoms with Gasteiger partial charge in [0.25, 0.3) is 0 Å². The minimum absolute atomic E-state index is 0.671. The van der Waals surface area contributed by atoms with Gasteiger partial charge in [-0.1, -0.05) is 0 Å². The first-order valence-electron chi connectivity index (χ1n) is 4.05. The number of rotatable bonds is 0. The van der Waals surface area contributed by atoms with Crippen LogP contribution in [0.15, 0.2) is 18.2 Å². The number of pyridine rings is 1. The van der Waals surface area contributed by atoms with Crippen molar-refractivity contribution >= 4 is 11.2 Å². The molecule has 0 N–H and O–H groups in total. The van der Waals surface area contributed by atoms with Crippen LogP contribution in [0.25, 0.3) is 10.4 Å². The van der Waals surface area contributed by atoms with E-state index in [4.69, 9.17) is 6.57 Å². The second kappa shape index (κ2) is 2.60. The molecule has 64 valence electrons. The molecule has 2 heterocycles. The molecule has 0 fully saturated rings. The van der Waals surface area contributed by atoms with Crippen LogP contribution in [-0.2, 0) is 0 Å². The smallest absolute Gasteiger partial charge is 0.191 e. The molecule has 0 saturated heterocycles. The van der Waals surface area contributed by atoms with Crippen molar-refractivity contribution in [1.82, 2.24) is 9.61 Å². The van der Waals surface area contributed by atoms with Crippen LogP contribution in [-0.4, -0.2) is 9.61 Å². The standard InChI is InChI=1S/C10H9N3/c1-7-4-10-6-9(11-3)5-8(2)13(10)12-7/h4-6H,1-2H3. The Kier molecular flexibility index (Phi) is 1.56. The maximum absolute atomic E-state index is 6.92. The van der Waals surface area contributed by atoms with E-state index in [1.54, 1.807) is 0 Å². The molecule has 0 aliphatic carbocycles. The number of hydrogen-bond acceptors (Lipinski definition) is 1. The van der Waals surface area contributed by atoms with Gasteiger partial charge in [-0.05, 0) is 32.0 Å². The minimum atomic E-state index is 0.671. The Morgan fingerprint density at radius 3 is 2.77 bits per heavy atom. The monoisotopic (exact) mass is 171 g/mol. The van der Waals surface area contributed by atoms with Crippen LogP contribution in [0.5, 0.6) is 0 Å². The molecule has 2 aromatic rings. The molecular formula is C10H9N3. The molecule has 0 amide bonds. The first-order valence-corrected chi connectivity index (χ1v) is 4.05. The maximum atomic E-state index is 6.92. The molecule has 0 atom stereocenters. The van der Waals surface area contributed by atoms with Gasteiger partial charge >= 0.3 is 0 Å². The minimum Gasteiger partial charge on any atom is -0.240 e. The third-order valence-corrected chi connectivity index (χ3v) is 1.97. The molecule has 0 spiro atoms. The first-order chi connectivity index (χ1) is 6.20. The van der Waals surface area contributed by atoms with Gasteiger partial charge in [-0.25, -0.2) is 9.36 Å². The van der Waals surface area contributed by atoms with Crippen molar-refractivity contribution in [3.8, 4) is 0 Å². The fourth-order valence-corrected chi connectivity index (χ4v) is 1.44. The van der Waals surface area contributed by atoms with Gasteiger partial charge in [0.05, 0.1) is 17.8 Å². The summed E-state index contributed by atoms with van der Waals surface area (Å²) in [7, 11) is 0. The molecule has 0 radical (unpaired) electrons. The highest BCUT2D eigenvalue weighted by molar-refractivity contribution is 5.60. The van der Waals surface area contributed by atoms with Crippen molar-refractivity contribution in [3.63, 3.8) is 0 Å². The predicted octanol–water partition coefficient (Wildman–Crippen LogP) is 2.50. The summed E-state index contributed by atoms with van der Waals surface area (Å²) in [6, 6.07) is 5.66. The maximum Gasteiger partial charge on any atom is 0.191 e. The molecule has 0 aliphatic rings. The van der Waals surface area contributed by atoms with Gasteiger partial charge in [0.15, 0.2) is 5.69 Å². The molecule has 2 aromatic heterocycles.